The van der Waals surface area contributed by atoms with Gasteiger partial charge in [0.2, 0.25) is 0 Å². The van der Waals surface area contributed by atoms with Crippen molar-refractivity contribution in [1.82, 2.24) is 20.0 Å². The Bertz CT molecular complexity index is 293. The lowest BCUT2D eigenvalue weighted by Gasteiger charge is -2.15. The van der Waals surface area contributed by atoms with Gasteiger partial charge >= 0.3 is 0 Å². The molecule has 0 aliphatic heterocycles. The van der Waals surface area contributed by atoms with E-state index in [2.05, 4.69) is 35.4 Å². The molecule has 4 nitrogen and oxygen atoms in total. The van der Waals surface area contributed by atoms with Crippen molar-refractivity contribution in [2.24, 2.45) is 7.05 Å². The van der Waals surface area contributed by atoms with Gasteiger partial charge in [0.05, 0.1) is 11.4 Å². The van der Waals surface area contributed by atoms with Crippen LogP contribution in [0.3, 0.4) is 0 Å². The van der Waals surface area contributed by atoms with Crippen molar-refractivity contribution in [1.29, 1.82) is 0 Å². The summed E-state index contributed by atoms with van der Waals surface area (Å²) in [5.74, 6) is 0. The van der Waals surface area contributed by atoms with Gasteiger partial charge < -0.3 is 5.32 Å². The highest BCUT2D eigenvalue weighted by Gasteiger charge is 2.06. The number of aromatic nitrogens is 2. The van der Waals surface area contributed by atoms with Crippen LogP contribution in [0.15, 0.2) is 6.07 Å². The Morgan fingerprint density at radius 1 is 1.53 bits per heavy atom. The standard InChI is InChI=1S/C11H22N4/c1-5-10-8-11(15(4)13-10)9-14(3)7-6-12-2/h8,12H,5-7,9H2,1-4H3. The maximum absolute atomic E-state index is 4.44. The molecule has 0 bridgehead atoms. The molecular formula is C11H22N4. The molecule has 0 spiro atoms. The van der Waals surface area contributed by atoms with Crippen LogP contribution in [-0.4, -0.2) is 41.9 Å². The molecule has 0 radical (unpaired) electrons. The number of nitrogens with one attached hydrogen (secondary N) is 1. The number of nitrogens with zero attached hydrogens (tertiary/aromatic N) is 3. The van der Waals surface area contributed by atoms with Crippen LogP contribution in [0.25, 0.3) is 0 Å². The SMILES string of the molecule is CCc1cc(CN(C)CCNC)n(C)n1. The Labute approximate surface area is 92.3 Å². The maximum atomic E-state index is 4.44. The molecule has 0 saturated carbocycles. The highest BCUT2D eigenvalue weighted by Crippen LogP contribution is 2.06. The fourth-order valence-electron chi connectivity index (χ4n) is 1.55. The number of hydrogen-bond acceptors (Lipinski definition) is 3. The maximum Gasteiger partial charge on any atom is 0.0625 e. The fraction of sp³-hybridized carbons (Fsp3) is 0.727. The molecule has 86 valence electrons. The molecule has 1 heterocycles. The molecule has 1 N–H and O–H groups in total. The monoisotopic (exact) mass is 210 g/mol. The van der Waals surface area contributed by atoms with E-state index in [-0.39, 0.29) is 0 Å². The van der Waals surface area contributed by atoms with Crippen molar-refractivity contribution in [2.75, 3.05) is 27.2 Å². The summed E-state index contributed by atoms with van der Waals surface area (Å²) in [5, 5.41) is 7.59. The third-order valence-electron chi connectivity index (χ3n) is 2.57. The summed E-state index contributed by atoms with van der Waals surface area (Å²) in [4.78, 5) is 2.30. The minimum Gasteiger partial charge on any atom is -0.318 e. The summed E-state index contributed by atoms with van der Waals surface area (Å²) in [5.41, 5.74) is 2.46. The van der Waals surface area contributed by atoms with E-state index in [1.165, 1.54) is 11.4 Å². The second kappa shape index (κ2) is 5.88. The second-order valence-electron chi connectivity index (χ2n) is 3.95. The van der Waals surface area contributed by atoms with E-state index < -0.39 is 0 Å². The van der Waals surface area contributed by atoms with E-state index >= 15 is 0 Å². The van der Waals surface area contributed by atoms with Crippen LogP contribution in [-0.2, 0) is 20.0 Å². The first-order chi connectivity index (χ1) is 7.17. The van der Waals surface area contributed by atoms with Crippen molar-refractivity contribution in [3.63, 3.8) is 0 Å². The lowest BCUT2D eigenvalue weighted by molar-refractivity contribution is 0.318. The molecule has 0 amide bonds. The Balaban J connectivity index is 2.51. The van der Waals surface area contributed by atoms with Gasteiger partial charge in [-0.05, 0) is 26.6 Å². The van der Waals surface area contributed by atoms with Crippen LogP contribution < -0.4 is 5.32 Å². The number of aryl methyl sites for hydroxylation is 2. The van der Waals surface area contributed by atoms with Gasteiger partial charge in [0.1, 0.15) is 0 Å². The lowest BCUT2D eigenvalue weighted by Crippen LogP contribution is -2.27. The van der Waals surface area contributed by atoms with E-state index in [1.807, 2.05) is 18.8 Å². The summed E-state index contributed by atoms with van der Waals surface area (Å²) < 4.78 is 1.98. The zero-order valence-electron chi connectivity index (χ0n) is 10.2. The van der Waals surface area contributed by atoms with E-state index in [0.29, 0.717) is 0 Å². The van der Waals surface area contributed by atoms with Gasteiger partial charge in [-0.2, -0.15) is 5.10 Å². The van der Waals surface area contributed by atoms with Crippen molar-refractivity contribution >= 4 is 0 Å². The summed E-state index contributed by atoms with van der Waals surface area (Å²) in [6, 6.07) is 2.19. The Morgan fingerprint density at radius 2 is 2.27 bits per heavy atom. The molecular weight excluding hydrogens is 188 g/mol. The van der Waals surface area contributed by atoms with Crippen LogP contribution in [0.1, 0.15) is 18.3 Å². The van der Waals surface area contributed by atoms with Crippen molar-refractivity contribution in [3.8, 4) is 0 Å². The third-order valence-corrected chi connectivity index (χ3v) is 2.57. The van der Waals surface area contributed by atoms with Crippen LogP contribution in [0, 0.1) is 0 Å². The Hall–Kier alpha value is -0.870. The van der Waals surface area contributed by atoms with Gasteiger partial charge in [0.15, 0.2) is 0 Å². The van der Waals surface area contributed by atoms with Crippen molar-refractivity contribution in [3.05, 3.63) is 17.5 Å². The molecule has 0 fully saturated rings. The van der Waals surface area contributed by atoms with Gasteiger partial charge in [-0.3, -0.25) is 9.58 Å². The predicted molar refractivity (Wildman–Crippen MR) is 62.8 cm³/mol. The van der Waals surface area contributed by atoms with Gasteiger partial charge in [-0.25, -0.2) is 0 Å². The molecule has 0 aliphatic rings. The average Bonchev–Trinajstić information content (AvgIpc) is 2.57. The van der Waals surface area contributed by atoms with E-state index in [4.69, 9.17) is 0 Å². The minimum absolute atomic E-state index is 0.963. The lowest BCUT2D eigenvalue weighted by atomic mass is 10.3. The topological polar surface area (TPSA) is 33.1 Å². The van der Waals surface area contributed by atoms with Crippen molar-refractivity contribution in [2.45, 2.75) is 19.9 Å². The molecule has 15 heavy (non-hydrogen) atoms. The van der Waals surface area contributed by atoms with Crippen LogP contribution >= 0.6 is 0 Å². The molecule has 0 unspecified atom stereocenters. The highest BCUT2D eigenvalue weighted by molar-refractivity contribution is 5.09. The van der Waals surface area contributed by atoms with Gasteiger partial charge in [0.25, 0.3) is 0 Å². The van der Waals surface area contributed by atoms with E-state index in [1.54, 1.807) is 0 Å². The number of likely N-dealkylation sites (N-methyl/N-ethyl adjacent to an activating group) is 2. The molecule has 1 aromatic heterocycles. The Morgan fingerprint density at radius 3 is 2.80 bits per heavy atom. The smallest absolute Gasteiger partial charge is 0.0625 e. The van der Waals surface area contributed by atoms with E-state index in [0.717, 1.165) is 26.1 Å². The van der Waals surface area contributed by atoms with Crippen LogP contribution in [0.4, 0.5) is 0 Å². The summed E-state index contributed by atoms with van der Waals surface area (Å²) in [6.45, 7) is 5.18. The quantitative estimate of drug-likeness (QED) is 0.748. The zero-order valence-corrected chi connectivity index (χ0v) is 10.2. The summed E-state index contributed by atoms with van der Waals surface area (Å²) in [6.07, 6.45) is 1.01. The molecule has 0 atom stereocenters. The number of hydrogen-bond donors (Lipinski definition) is 1. The fourth-order valence-corrected chi connectivity index (χ4v) is 1.55. The molecule has 0 aliphatic carbocycles. The van der Waals surface area contributed by atoms with Gasteiger partial charge in [-0.1, -0.05) is 6.92 Å². The van der Waals surface area contributed by atoms with E-state index in [9.17, 15) is 0 Å². The summed E-state index contributed by atoms with van der Waals surface area (Å²) >= 11 is 0. The minimum atomic E-state index is 0.963. The highest BCUT2D eigenvalue weighted by atomic mass is 15.3. The van der Waals surface area contributed by atoms with Gasteiger partial charge in [0, 0.05) is 26.7 Å². The summed E-state index contributed by atoms with van der Waals surface area (Å²) in [7, 11) is 6.13. The van der Waals surface area contributed by atoms with Crippen LogP contribution in [0.2, 0.25) is 0 Å². The Kier molecular flexibility index (Phi) is 4.78. The number of rotatable bonds is 6. The molecule has 4 heteroatoms. The molecule has 0 saturated heterocycles. The second-order valence-corrected chi connectivity index (χ2v) is 3.95. The average molecular weight is 210 g/mol. The van der Waals surface area contributed by atoms with Crippen LogP contribution in [0.5, 0.6) is 0 Å². The first-order valence-corrected chi connectivity index (χ1v) is 5.52. The van der Waals surface area contributed by atoms with Gasteiger partial charge in [-0.15, -0.1) is 0 Å². The molecule has 1 rings (SSSR count). The third kappa shape index (κ3) is 3.64. The first kappa shape index (κ1) is 12.2. The first-order valence-electron chi connectivity index (χ1n) is 5.52. The molecule has 0 aromatic carbocycles. The normalized spacial score (nSPS) is 11.3. The predicted octanol–water partition coefficient (Wildman–Crippen LogP) is 0.634. The zero-order chi connectivity index (χ0) is 11.3. The molecule has 1 aromatic rings. The van der Waals surface area contributed by atoms with Crippen molar-refractivity contribution < 1.29 is 0 Å². The largest absolute Gasteiger partial charge is 0.318 e.